The van der Waals surface area contributed by atoms with E-state index >= 15 is 0 Å². The molecular formula is C10H10BrN3. The number of halogens is 1. The number of hydrogen-bond donors (Lipinski definition) is 0. The number of benzene rings is 1. The van der Waals surface area contributed by atoms with E-state index in [1.807, 2.05) is 35.0 Å². The first-order valence-corrected chi connectivity index (χ1v) is 5.55. The summed E-state index contributed by atoms with van der Waals surface area (Å²) in [6.45, 7) is 0. The fourth-order valence-corrected chi connectivity index (χ4v) is 1.72. The molecule has 72 valence electrons. The highest BCUT2D eigenvalue weighted by Crippen LogP contribution is 2.09. The molecule has 1 heterocycles. The molecule has 3 nitrogen and oxygen atoms in total. The average molecular weight is 252 g/mol. The molecule has 0 aliphatic carbocycles. The van der Waals surface area contributed by atoms with E-state index < -0.39 is 0 Å². The van der Waals surface area contributed by atoms with Gasteiger partial charge in [-0.2, -0.15) is 0 Å². The van der Waals surface area contributed by atoms with Crippen molar-refractivity contribution in [1.82, 2.24) is 15.0 Å². The van der Waals surface area contributed by atoms with Gasteiger partial charge >= 0.3 is 0 Å². The molecule has 0 N–H and O–H groups in total. The highest BCUT2D eigenvalue weighted by Gasteiger charge is 2.03. The van der Waals surface area contributed by atoms with Gasteiger partial charge in [-0.3, -0.25) is 0 Å². The number of hydrogen-bond acceptors (Lipinski definition) is 2. The molecule has 2 aromatic rings. The van der Waals surface area contributed by atoms with E-state index in [0.29, 0.717) is 0 Å². The Hall–Kier alpha value is -1.16. The molecule has 0 saturated heterocycles. The summed E-state index contributed by atoms with van der Waals surface area (Å²) < 4.78 is 1.86. The lowest BCUT2D eigenvalue weighted by Gasteiger charge is -2.03. The highest BCUT2D eigenvalue weighted by molar-refractivity contribution is 9.09. The molecule has 0 fully saturated rings. The zero-order chi connectivity index (χ0) is 9.80. The summed E-state index contributed by atoms with van der Waals surface area (Å²) in [5, 5.41) is 8.88. The zero-order valence-electron chi connectivity index (χ0n) is 7.60. The highest BCUT2D eigenvalue weighted by atomic mass is 79.9. The Morgan fingerprint density at radius 1 is 1.21 bits per heavy atom. The second-order valence-corrected chi connectivity index (χ2v) is 3.70. The van der Waals surface area contributed by atoms with Gasteiger partial charge in [0.05, 0.1) is 17.6 Å². The average Bonchev–Trinajstić information content (AvgIpc) is 2.68. The lowest BCUT2D eigenvalue weighted by molar-refractivity contribution is 0.769. The lowest BCUT2D eigenvalue weighted by atomic mass is 10.3. The van der Waals surface area contributed by atoms with Crippen molar-refractivity contribution in [1.29, 1.82) is 0 Å². The van der Waals surface area contributed by atoms with E-state index in [2.05, 4.69) is 26.2 Å². The monoisotopic (exact) mass is 251 g/mol. The van der Waals surface area contributed by atoms with E-state index in [1.165, 1.54) is 0 Å². The molecule has 0 spiro atoms. The van der Waals surface area contributed by atoms with Gasteiger partial charge in [-0.05, 0) is 12.1 Å². The first kappa shape index (κ1) is 9.40. The summed E-state index contributed by atoms with van der Waals surface area (Å²) in [5.74, 6) is 0. The van der Waals surface area contributed by atoms with E-state index in [9.17, 15) is 0 Å². The molecule has 0 aliphatic heterocycles. The second kappa shape index (κ2) is 4.37. The molecule has 14 heavy (non-hydrogen) atoms. The first-order chi connectivity index (χ1) is 6.92. The molecule has 0 radical (unpaired) electrons. The van der Waals surface area contributed by atoms with Gasteiger partial charge in [0.2, 0.25) is 0 Å². The van der Waals surface area contributed by atoms with Crippen LogP contribution < -0.4 is 0 Å². The van der Waals surface area contributed by atoms with Crippen molar-refractivity contribution in [2.45, 2.75) is 6.42 Å². The summed E-state index contributed by atoms with van der Waals surface area (Å²) in [6.07, 6.45) is 2.73. The molecule has 1 aromatic heterocycles. The van der Waals surface area contributed by atoms with Crippen LogP contribution in [0.2, 0.25) is 0 Å². The number of nitrogens with zero attached hydrogens (tertiary/aromatic N) is 3. The Kier molecular flexibility index (Phi) is 2.93. The predicted molar refractivity (Wildman–Crippen MR) is 58.9 cm³/mol. The van der Waals surface area contributed by atoms with Crippen LogP contribution in [0.4, 0.5) is 0 Å². The number of aryl methyl sites for hydroxylation is 1. The minimum atomic E-state index is 0.924. The number of rotatable bonds is 3. The summed E-state index contributed by atoms with van der Waals surface area (Å²) in [7, 11) is 0. The third-order valence-electron chi connectivity index (χ3n) is 1.97. The Morgan fingerprint density at radius 2 is 2.00 bits per heavy atom. The van der Waals surface area contributed by atoms with Crippen LogP contribution in [0.5, 0.6) is 0 Å². The minimum Gasteiger partial charge on any atom is -0.218 e. The molecule has 0 bridgehead atoms. The molecular weight excluding hydrogens is 242 g/mol. The van der Waals surface area contributed by atoms with Crippen LogP contribution >= 0.6 is 15.9 Å². The van der Waals surface area contributed by atoms with Crippen molar-refractivity contribution in [3.8, 4) is 5.69 Å². The van der Waals surface area contributed by atoms with E-state index in [0.717, 1.165) is 23.1 Å². The van der Waals surface area contributed by atoms with Crippen LogP contribution in [0.25, 0.3) is 5.69 Å². The lowest BCUT2D eigenvalue weighted by Crippen LogP contribution is -2.02. The van der Waals surface area contributed by atoms with Gasteiger partial charge in [-0.15, -0.1) is 5.10 Å². The van der Waals surface area contributed by atoms with Gasteiger partial charge < -0.3 is 0 Å². The molecule has 4 heteroatoms. The Bertz CT molecular complexity index is 397. The standard InChI is InChI=1S/C10H10BrN3/c11-7-6-10-8-12-13-14(10)9-4-2-1-3-5-9/h1-5,8H,6-7H2. The van der Waals surface area contributed by atoms with Gasteiger partial charge in [0.25, 0.3) is 0 Å². The Morgan fingerprint density at radius 3 is 2.71 bits per heavy atom. The summed E-state index contributed by atoms with van der Waals surface area (Å²) >= 11 is 3.41. The molecule has 0 aliphatic rings. The third kappa shape index (κ3) is 1.85. The van der Waals surface area contributed by atoms with Crippen LogP contribution in [-0.4, -0.2) is 20.3 Å². The smallest absolute Gasteiger partial charge is 0.0730 e. The molecule has 0 amide bonds. The molecule has 2 rings (SSSR count). The molecule has 1 aromatic carbocycles. The molecule has 0 saturated carbocycles. The quantitative estimate of drug-likeness (QED) is 0.784. The Labute approximate surface area is 90.9 Å². The maximum atomic E-state index is 4.05. The van der Waals surface area contributed by atoms with Gasteiger partial charge in [0.1, 0.15) is 0 Å². The maximum absolute atomic E-state index is 4.05. The van der Waals surface area contributed by atoms with Crippen LogP contribution in [0.3, 0.4) is 0 Å². The predicted octanol–water partition coefficient (Wildman–Crippen LogP) is 2.20. The van der Waals surface area contributed by atoms with Crippen molar-refractivity contribution in [3.05, 3.63) is 42.2 Å². The third-order valence-corrected chi connectivity index (χ3v) is 2.37. The SMILES string of the molecule is BrCCc1cnnn1-c1ccccc1. The van der Waals surface area contributed by atoms with Gasteiger partial charge in [-0.25, -0.2) is 4.68 Å². The number of alkyl halides is 1. The van der Waals surface area contributed by atoms with Crippen LogP contribution in [0.15, 0.2) is 36.5 Å². The van der Waals surface area contributed by atoms with E-state index in [1.54, 1.807) is 6.20 Å². The first-order valence-electron chi connectivity index (χ1n) is 4.43. The number of para-hydroxylation sites is 1. The fraction of sp³-hybridized carbons (Fsp3) is 0.200. The van der Waals surface area contributed by atoms with Gasteiger partial charge in [0, 0.05) is 11.8 Å². The minimum absolute atomic E-state index is 0.924. The van der Waals surface area contributed by atoms with Crippen LogP contribution in [-0.2, 0) is 6.42 Å². The van der Waals surface area contributed by atoms with E-state index in [-0.39, 0.29) is 0 Å². The van der Waals surface area contributed by atoms with Crippen molar-refractivity contribution in [2.24, 2.45) is 0 Å². The topological polar surface area (TPSA) is 30.7 Å². The summed E-state index contributed by atoms with van der Waals surface area (Å²) in [6, 6.07) is 10.0. The van der Waals surface area contributed by atoms with Crippen molar-refractivity contribution >= 4 is 15.9 Å². The van der Waals surface area contributed by atoms with Crippen molar-refractivity contribution < 1.29 is 0 Å². The van der Waals surface area contributed by atoms with Gasteiger partial charge in [-0.1, -0.05) is 39.3 Å². The van der Waals surface area contributed by atoms with Crippen LogP contribution in [0, 0.1) is 0 Å². The molecule has 0 unspecified atom stereocenters. The molecule has 0 atom stereocenters. The largest absolute Gasteiger partial charge is 0.218 e. The second-order valence-electron chi connectivity index (χ2n) is 2.91. The van der Waals surface area contributed by atoms with Crippen LogP contribution in [0.1, 0.15) is 5.69 Å². The van der Waals surface area contributed by atoms with Gasteiger partial charge in [0.15, 0.2) is 0 Å². The fourth-order valence-electron chi connectivity index (χ4n) is 1.31. The summed E-state index contributed by atoms with van der Waals surface area (Å²) in [4.78, 5) is 0. The normalized spacial score (nSPS) is 10.4. The zero-order valence-corrected chi connectivity index (χ0v) is 9.18. The van der Waals surface area contributed by atoms with Crippen molar-refractivity contribution in [3.63, 3.8) is 0 Å². The Balaban J connectivity index is 2.37. The summed E-state index contributed by atoms with van der Waals surface area (Å²) in [5.41, 5.74) is 2.18. The number of aromatic nitrogens is 3. The maximum Gasteiger partial charge on any atom is 0.0730 e. The van der Waals surface area contributed by atoms with Crippen molar-refractivity contribution in [2.75, 3.05) is 5.33 Å². The van der Waals surface area contributed by atoms with E-state index in [4.69, 9.17) is 0 Å².